The Labute approximate surface area is 129 Å². The number of fused-ring (bicyclic) bond motifs is 1. The van der Waals surface area contributed by atoms with E-state index in [4.69, 9.17) is 4.74 Å². The van der Waals surface area contributed by atoms with Crippen molar-refractivity contribution in [3.8, 4) is 5.75 Å². The van der Waals surface area contributed by atoms with Gasteiger partial charge in [0.05, 0.1) is 11.7 Å². The molecule has 1 aromatic carbocycles. The molecule has 1 atom stereocenters. The number of carbonyl (C=O) groups is 2. The van der Waals surface area contributed by atoms with Gasteiger partial charge in [-0.05, 0) is 18.1 Å². The standard InChI is InChI=1S/C16H19N3O3/c1-10(2)13-4-3-7-19(13)16(21)17-11-5-6-12-14(8-11)22-9-15(20)18-12/h3-6,8,10,13H,7,9H2,1-2H3,(H,17,21)(H,18,20). The molecule has 0 spiro atoms. The SMILES string of the molecule is CC(C)C1C=CCN1C(=O)Nc1ccc2c(c1)OCC(=O)N2. The summed E-state index contributed by atoms with van der Waals surface area (Å²) in [5, 5.41) is 5.60. The molecule has 3 amide bonds. The van der Waals surface area contributed by atoms with Crippen LogP contribution in [0.5, 0.6) is 5.75 Å². The Morgan fingerprint density at radius 3 is 3.05 bits per heavy atom. The zero-order chi connectivity index (χ0) is 15.7. The molecule has 0 radical (unpaired) electrons. The van der Waals surface area contributed by atoms with E-state index in [0.717, 1.165) is 0 Å². The lowest BCUT2D eigenvalue weighted by Gasteiger charge is -2.27. The van der Waals surface area contributed by atoms with Crippen LogP contribution in [0.1, 0.15) is 13.8 Å². The van der Waals surface area contributed by atoms with Gasteiger partial charge in [0.25, 0.3) is 5.91 Å². The number of carbonyl (C=O) groups excluding carboxylic acids is 2. The largest absolute Gasteiger partial charge is 0.482 e. The van der Waals surface area contributed by atoms with E-state index in [9.17, 15) is 9.59 Å². The van der Waals surface area contributed by atoms with Crippen LogP contribution >= 0.6 is 0 Å². The van der Waals surface area contributed by atoms with Crippen molar-refractivity contribution < 1.29 is 14.3 Å². The third-order valence-corrected chi connectivity index (χ3v) is 3.80. The van der Waals surface area contributed by atoms with Crippen LogP contribution in [0.4, 0.5) is 16.2 Å². The Hall–Kier alpha value is -2.50. The molecule has 6 nitrogen and oxygen atoms in total. The van der Waals surface area contributed by atoms with Gasteiger partial charge in [0, 0.05) is 18.3 Å². The molecule has 0 bridgehead atoms. The zero-order valence-corrected chi connectivity index (χ0v) is 12.6. The summed E-state index contributed by atoms with van der Waals surface area (Å²) in [6.07, 6.45) is 4.07. The van der Waals surface area contributed by atoms with Gasteiger partial charge in [-0.25, -0.2) is 4.79 Å². The first kappa shape index (κ1) is 14.4. The van der Waals surface area contributed by atoms with Crippen LogP contribution < -0.4 is 15.4 Å². The second-order valence-electron chi connectivity index (χ2n) is 5.79. The van der Waals surface area contributed by atoms with Crippen LogP contribution in [0, 0.1) is 5.92 Å². The number of hydrogen-bond acceptors (Lipinski definition) is 3. The second-order valence-corrected chi connectivity index (χ2v) is 5.79. The van der Waals surface area contributed by atoms with Gasteiger partial charge in [-0.1, -0.05) is 26.0 Å². The molecular weight excluding hydrogens is 282 g/mol. The smallest absolute Gasteiger partial charge is 0.322 e. The maximum absolute atomic E-state index is 12.4. The molecule has 0 saturated carbocycles. The first-order chi connectivity index (χ1) is 10.5. The lowest BCUT2D eigenvalue weighted by Crippen LogP contribution is -2.41. The van der Waals surface area contributed by atoms with Crippen LogP contribution in [-0.4, -0.2) is 36.0 Å². The van der Waals surface area contributed by atoms with Crippen LogP contribution in [0.3, 0.4) is 0 Å². The van der Waals surface area contributed by atoms with E-state index in [1.165, 1.54) is 0 Å². The Balaban J connectivity index is 1.71. The molecule has 1 aromatic rings. The quantitative estimate of drug-likeness (QED) is 0.824. The monoisotopic (exact) mass is 301 g/mol. The van der Waals surface area contributed by atoms with E-state index in [1.54, 1.807) is 23.1 Å². The molecule has 6 heteroatoms. The number of ether oxygens (including phenoxy) is 1. The normalized spacial score (nSPS) is 19.7. The van der Waals surface area contributed by atoms with Gasteiger partial charge < -0.3 is 20.3 Å². The highest BCUT2D eigenvalue weighted by Gasteiger charge is 2.27. The molecule has 22 heavy (non-hydrogen) atoms. The third kappa shape index (κ3) is 2.77. The molecule has 1 unspecified atom stereocenters. The predicted octanol–water partition coefficient (Wildman–Crippen LogP) is 2.45. The first-order valence-corrected chi connectivity index (χ1v) is 7.35. The zero-order valence-electron chi connectivity index (χ0n) is 12.6. The molecule has 3 rings (SSSR count). The number of benzene rings is 1. The number of rotatable bonds is 2. The summed E-state index contributed by atoms with van der Waals surface area (Å²) in [5.41, 5.74) is 1.27. The Bertz CT molecular complexity index is 640. The lowest BCUT2D eigenvalue weighted by molar-refractivity contribution is -0.118. The fraction of sp³-hybridized carbons (Fsp3) is 0.375. The molecule has 0 saturated heterocycles. The second kappa shape index (κ2) is 5.71. The fourth-order valence-corrected chi connectivity index (χ4v) is 2.69. The van der Waals surface area contributed by atoms with Crippen molar-refractivity contribution in [3.63, 3.8) is 0 Å². The molecule has 0 aliphatic carbocycles. The minimum Gasteiger partial charge on any atom is -0.482 e. The molecular formula is C16H19N3O3. The average Bonchev–Trinajstić information content (AvgIpc) is 2.97. The van der Waals surface area contributed by atoms with Crippen LogP contribution in [-0.2, 0) is 4.79 Å². The topological polar surface area (TPSA) is 70.7 Å². The van der Waals surface area contributed by atoms with E-state index in [-0.39, 0.29) is 24.6 Å². The van der Waals surface area contributed by atoms with Crippen molar-refractivity contribution in [2.75, 3.05) is 23.8 Å². The maximum Gasteiger partial charge on any atom is 0.322 e. The Morgan fingerprint density at radius 2 is 2.27 bits per heavy atom. The molecule has 116 valence electrons. The van der Waals surface area contributed by atoms with Gasteiger partial charge in [0.2, 0.25) is 0 Å². The number of amides is 3. The maximum atomic E-state index is 12.4. The van der Waals surface area contributed by atoms with Crippen molar-refractivity contribution in [3.05, 3.63) is 30.4 Å². The average molecular weight is 301 g/mol. The highest BCUT2D eigenvalue weighted by atomic mass is 16.5. The van der Waals surface area contributed by atoms with Gasteiger partial charge in [0.15, 0.2) is 6.61 Å². The third-order valence-electron chi connectivity index (χ3n) is 3.80. The van der Waals surface area contributed by atoms with Crippen molar-refractivity contribution in [2.45, 2.75) is 19.9 Å². The summed E-state index contributed by atoms with van der Waals surface area (Å²) in [7, 11) is 0. The van der Waals surface area contributed by atoms with Gasteiger partial charge in [0.1, 0.15) is 5.75 Å². The minimum atomic E-state index is -0.174. The fourth-order valence-electron chi connectivity index (χ4n) is 2.69. The number of nitrogens with zero attached hydrogens (tertiary/aromatic N) is 1. The molecule has 2 aliphatic heterocycles. The Kier molecular flexibility index (Phi) is 3.75. The van der Waals surface area contributed by atoms with Crippen LogP contribution in [0.2, 0.25) is 0 Å². The summed E-state index contributed by atoms with van der Waals surface area (Å²) >= 11 is 0. The molecule has 2 heterocycles. The number of nitrogens with one attached hydrogen (secondary N) is 2. The summed E-state index contributed by atoms with van der Waals surface area (Å²) < 4.78 is 5.35. The van der Waals surface area contributed by atoms with Gasteiger partial charge in [-0.3, -0.25) is 4.79 Å². The van der Waals surface area contributed by atoms with Crippen LogP contribution in [0.25, 0.3) is 0 Å². The molecule has 2 aliphatic rings. The van der Waals surface area contributed by atoms with E-state index < -0.39 is 0 Å². The summed E-state index contributed by atoms with van der Waals surface area (Å²) in [6.45, 7) is 4.80. The minimum absolute atomic E-state index is 0.00410. The highest BCUT2D eigenvalue weighted by Crippen LogP contribution is 2.31. The first-order valence-electron chi connectivity index (χ1n) is 7.35. The predicted molar refractivity (Wildman–Crippen MR) is 84.1 cm³/mol. The van der Waals surface area contributed by atoms with E-state index >= 15 is 0 Å². The van der Waals surface area contributed by atoms with Gasteiger partial charge in [-0.2, -0.15) is 0 Å². The number of hydrogen-bond donors (Lipinski definition) is 2. The number of urea groups is 1. The van der Waals surface area contributed by atoms with Gasteiger partial charge in [-0.15, -0.1) is 0 Å². The highest BCUT2D eigenvalue weighted by molar-refractivity contribution is 5.96. The lowest BCUT2D eigenvalue weighted by atomic mass is 10.1. The number of anilines is 2. The van der Waals surface area contributed by atoms with E-state index in [0.29, 0.717) is 29.6 Å². The van der Waals surface area contributed by atoms with Crippen molar-refractivity contribution in [1.29, 1.82) is 0 Å². The summed E-state index contributed by atoms with van der Waals surface area (Å²) in [4.78, 5) is 25.5. The van der Waals surface area contributed by atoms with Crippen molar-refractivity contribution in [1.82, 2.24) is 4.90 Å². The van der Waals surface area contributed by atoms with E-state index in [2.05, 4.69) is 30.6 Å². The van der Waals surface area contributed by atoms with Crippen molar-refractivity contribution in [2.24, 2.45) is 5.92 Å². The van der Waals surface area contributed by atoms with Crippen LogP contribution in [0.15, 0.2) is 30.4 Å². The molecule has 0 aromatic heterocycles. The summed E-state index contributed by atoms with van der Waals surface area (Å²) in [6, 6.07) is 5.18. The summed E-state index contributed by atoms with van der Waals surface area (Å²) in [5.74, 6) is 0.760. The van der Waals surface area contributed by atoms with E-state index in [1.807, 2.05) is 6.08 Å². The molecule has 2 N–H and O–H groups in total. The van der Waals surface area contributed by atoms with Gasteiger partial charge >= 0.3 is 6.03 Å². The molecule has 0 fully saturated rings. The van der Waals surface area contributed by atoms with Crippen molar-refractivity contribution >= 4 is 23.3 Å². The Morgan fingerprint density at radius 1 is 1.45 bits per heavy atom.